The van der Waals surface area contributed by atoms with Gasteiger partial charge in [0.25, 0.3) is 0 Å². The maximum atomic E-state index is 12.2. The van der Waals surface area contributed by atoms with Crippen molar-refractivity contribution in [3.8, 4) is 0 Å². The van der Waals surface area contributed by atoms with Crippen LogP contribution in [0, 0.1) is 0 Å². The van der Waals surface area contributed by atoms with Crippen LogP contribution in [0.25, 0.3) is 0 Å². The lowest BCUT2D eigenvalue weighted by Gasteiger charge is -2.26. The molecule has 96 valence electrons. The van der Waals surface area contributed by atoms with Gasteiger partial charge in [-0.15, -0.1) is 0 Å². The number of hydrogen-bond acceptors (Lipinski definition) is 3. The molecule has 1 aliphatic heterocycles. The molecule has 1 atom stereocenters. The zero-order valence-electron chi connectivity index (χ0n) is 10.7. The summed E-state index contributed by atoms with van der Waals surface area (Å²) in [5.74, 6) is 0.207. The molecule has 0 spiro atoms. The van der Waals surface area contributed by atoms with E-state index in [1.165, 1.54) is 18.5 Å². The lowest BCUT2D eigenvalue weighted by atomic mass is 10.2. The van der Waals surface area contributed by atoms with Gasteiger partial charge < -0.3 is 10.6 Å². The van der Waals surface area contributed by atoms with Gasteiger partial charge in [0, 0.05) is 25.3 Å². The number of carbonyl (C=O) groups is 1. The van der Waals surface area contributed by atoms with Gasteiger partial charge >= 0.3 is 0 Å². The Balaban J connectivity index is 1.87. The second-order valence-corrected chi connectivity index (χ2v) is 5.04. The molecule has 0 saturated carbocycles. The Bertz CT molecular complexity index is 314. The Kier molecular flexibility index (Phi) is 4.18. The van der Waals surface area contributed by atoms with Gasteiger partial charge in [-0.25, -0.2) is 0 Å². The number of hydrogen-bond donors (Lipinski definition) is 1. The average molecular weight is 237 g/mol. The van der Waals surface area contributed by atoms with Gasteiger partial charge in [-0.05, 0) is 38.6 Å². The number of allylic oxidation sites excluding steroid dienone is 2. The maximum Gasteiger partial charge on any atom is 0.240 e. The first kappa shape index (κ1) is 12.6. The standard InChI is InChI=1S/C13H23N3O/c1-15(11-5-2-3-6-11)13(17)10-16-8-4-7-12(16)9-14/h5,12H,2-4,6-10,14H2,1H3. The molecule has 0 bridgehead atoms. The van der Waals surface area contributed by atoms with Gasteiger partial charge in [0.15, 0.2) is 0 Å². The molecule has 2 rings (SSSR count). The van der Waals surface area contributed by atoms with Crippen LogP contribution in [-0.4, -0.2) is 48.4 Å². The first-order chi connectivity index (χ1) is 8.22. The summed E-state index contributed by atoms with van der Waals surface area (Å²) in [4.78, 5) is 16.2. The van der Waals surface area contributed by atoms with Gasteiger partial charge in [0.05, 0.1) is 6.54 Å². The van der Waals surface area contributed by atoms with Crippen LogP contribution in [0.1, 0.15) is 32.1 Å². The summed E-state index contributed by atoms with van der Waals surface area (Å²) in [6.07, 6.45) is 7.83. The molecular weight excluding hydrogens is 214 g/mol. The van der Waals surface area contributed by atoms with Gasteiger partial charge in [-0.3, -0.25) is 9.69 Å². The Morgan fingerprint density at radius 2 is 2.41 bits per heavy atom. The van der Waals surface area contributed by atoms with Crippen molar-refractivity contribution >= 4 is 5.91 Å². The molecule has 4 heteroatoms. The number of rotatable bonds is 4. The fraction of sp³-hybridized carbons (Fsp3) is 0.769. The zero-order valence-corrected chi connectivity index (χ0v) is 10.7. The minimum absolute atomic E-state index is 0.207. The van der Waals surface area contributed by atoms with E-state index in [1.54, 1.807) is 0 Å². The third-order valence-electron chi connectivity index (χ3n) is 3.93. The normalized spacial score (nSPS) is 25.1. The summed E-state index contributed by atoms with van der Waals surface area (Å²) in [5, 5.41) is 0. The maximum absolute atomic E-state index is 12.2. The fourth-order valence-electron chi connectivity index (χ4n) is 2.77. The predicted molar refractivity (Wildman–Crippen MR) is 68.4 cm³/mol. The molecule has 0 aromatic rings. The summed E-state index contributed by atoms with van der Waals surface area (Å²) in [7, 11) is 1.90. The highest BCUT2D eigenvalue weighted by atomic mass is 16.2. The molecule has 0 radical (unpaired) electrons. The minimum atomic E-state index is 0.207. The van der Waals surface area contributed by atoms with Gasteiger partial charge in [0.1, 0.15) is 0 Å². The van der Waals surface area contributed by atoms with Crippen molar-refractivity contribution in [2.24, 2.45) is 5.73 Å². The molecule has 2 N–H and O–H groups in total. The van der Waals surface area contributed by atoms with E-state index in [-0.39, 0.29) is 5.91 Å². The van der Waals surface area contributed by atoms with Crippen LogP contribution in [-0.2, 0) is 4.79 Å². The van der Waals surface area contributed by atoms with E-state index in [2.05, 4.69) is 11.0 Å². The molecule has 2 aliphatic rings. The van der Waals surface area contributed by atoms with E-state index in [1.807, 2.05) is 11.9 Å². The third kappa shape index (κ3) is 2.87. The van der Waals surface area contributed by atoms with E-state index in [4.69, 9.17) is 5.73 Å². The molecule has 1 aliphatic carbocycles. The SMILES string of the molecule is CN(C(=O)CN1CCCC1CN)C1=CCCC1. The lowest BCUT2D eigenvalue weighted by molar-refractivity contribution is -0.129. The van der Waals surface area contributed by atoms with Crippen molar-refractivity contribution in [1.82, 2.24) is 9.80 Å². The second kappa shape index (κ2) is 5.65. The number of likely N-dealkylation sites (tertiary alicyclic amines) is 1. The smallest absolute Gasteiger partial charge is 0.240 e. The molecule has 1 unspecified atom stereocenters. The van der Waals surface area contributed by atoms with E-state index < -0.39 is 0 Å². The molecule has 1 amide bonds. The first-order valence-corrected chi connectivity index (χ1v) is 6.62. The van der Waals surface area contributed by atoms with Gasteiger partial charge in [-0.1, -0.05) is 6.08 Å². The summed E-state index contributed by atoms with van der Waals surface area (Å²) >= 11 is 0. The highest BCUT2D eigenvalue weighted by Crippen LogP contribution is 2.21. The van der Waals surface area contributed by atoms with E-state index >= 15 is 0 Å². The molecule has 0 aromatic carbocycles. The molecule has 0 aromatic heterocycles. The number of likely N-dealkylation sites (N-methyl/N-ethyl adjacent to an activating group) is 1. The minimum Gasteiger partial charge on any atom is -0.329 e. The van der Waals surface area contributed by atoms with E-state index in [0.717, 1.165) is 25.8 Å². The van der Waals surface area contributed by atoms with E-state index in [9.17, 15) is 4.79 Å². The third-order valence-corrected chi connectivity index (χ3v) is 3.93. The van der Waals surface area contributed by atoms with Crippen molar-refractivity contribution in [2.45, 2.75) is 38.1 Å². The number of amides is 1. The Hall–Kier alpha value is -0.870. The predicted octanol–water partition coefficient (Wildman–Crippen LogP) is 0.936. The van der Waals surface area contributed by atoms with E-state index in [0.29, 0.717) is 19.1 Å². The highest BCUT2D eigenvalue weighted by molar-refractivity contribution is 5.79. The van der Waals surface area contributed by atoms with Crippen molar-refractivity contribution in [3.05, 3.63) is 11.8 Å². The summed E-state index contributed by atoms with van der Waals surface area (Å²) in [6.45, 7) is 2.20. The molecule has 4 nitrogen and oxygen atoms in total. The largest absolute Gasteiger partial charge is 0.329 e. The van der Waals surface area contributed by atoms with Gasteiger partial charge in [-0.2, -0.15) is 0 Å². The molecular formula is C13H23N3O. The van der Waals surface area contributed by atoms with Crippen molar-refractivity contribution in [3.63, 3.8) is 0 Å². The van der Waals surface area contributed by atoms with Crippen molar-refractivity contribution in [2.75, 3.05) is 26.7 Å². The summed E-state index contributed by atoms with van der Waals surface area (Å²) < 4.78 is 0. The van der Waals surface area contributed by atoms with Crippen molar-refractivity contribution in [1.29, 1.82) is 0 Å². The van der Waals surface area contributed by atoms with Gasteiger partial charge in [0.2, 0.25) is 5.91 Å². The number of nitrogens with two attached hydrogens (primary N) is 1. The monoisotopic (exact) mass is 237 g/mol. The Morgan fingerprint density at radius 1 is 1.59 bits per heavy atom. The van der Waals surface area contributed by atoms with Crippen LogP contribution in [0.5, 0.6) is 0 Å². The number of carbonyl (C=O) groups excluding carboxylic acids is 1. The Labute approximate surface area is 103 Å². The van der Waals surface area contributed by atoms with Crippen molar-refractivity contribution < 1.29 is 4.79 Å². The number of nitrogens with zero attached hydrogens (tertiary/aromatic N) is 2. The highest BCUT2D eigenvalue weighted by Gasteiger charge is 2.26. The lowest BCUT2D eigenvalue weighted by Crippen LogP contribution is -2.42. The first-order valence-electron chi connectivity index (χ1n) is 6.62. The molecule has 1 saturated heterocycles. The molecule has 17 heavy (non-hydrogen) atoms. The summed E-state index contributed by atoms with van der Waals surface area (Å²) in [5.41, 5.74) is 6.91. The van der Waals surface area contributed by atoms with Crippen LogP contribution in [0.2, 0.25) is 0 Å². The zero-order chi connectivity index (χ0) is 12.3. The summed E-state index contributed by atoms with van der Waals surface area (Å²) in [6, 6.07) is 0.407. The molecule has 1 fully saturated rings. The Morgan fingerprint density at radius 3 is 3.06 bits per heavy atom. The average Bonchev–Trinajstić information content (AvgIpc) is 2.98. The second-order valence-electron chi connectivity index (χ2n) is 5.04. The van der Waals surface area contributed by atoms with Crippen LogP contribution < -0.4 is 5.73 Å². The van der Waals surface area contributed by atoms with Crippen LogP contribution in [0.15, 0.2) is 11.8 Å². The topological polar surface area (TPSA) is 49.6 Å². The molecule has 1 heterocycles. The fourth-order valence-corrected chi connectivity index (χ4v) is 2.77. The quantitative estimate of drug-likeness (QED) is 0.791. The van der Waals surface area contributed by atoms with Crippen LogP contribution in [0.4, 0.5) is 0 Å². The van der Waals surface area contributed by atoms with Crippen LogP contribution >= 0.6 is 0 Å². The van der Waals surface area contributed by atoms with Crippen LogP contribution in [0.3, 0.4) is 0 Å².